The van der Waals surface area contributed by atoms with Gasteiger partial charge in [0.05, 0.1) is 0 Å². The summed E-state index contributed by atoms with van der Waals surface area (Å²) >= 11 is 1.57. The summed E-state index contributed by atoms with van der Waals surface area (Å²) in [6.07, 6.45) is 0. The van der Waals surface area contributed by atoms with Crippen LogP contribution in [0.5, 0.6) is 0 Å². The quantitative estimate of drug-likeness (QED) is 0.824. The van der Waals surface area contributed by atoms with E-state index in [1.54, 1.807) is 23.5 Å². The summed E-state index contributed by atoms with van der Waals surface area (Å²) < 4.78 is 13.5. The highest BCUT2D eigenvalue weighted by atomic mass is 32.1. The number of benzene rings is 1. The molecule has 1 heterocycles. The third-order valence-corrected chi connectivity index (χ3v) is 3.39. The minimum atomic E-state index is -0.188. The van der Waals surface area contributed by atoms with Gasteiger partial charge in [-0.2, -0.15) is 0 Å². The number of thiophene rings is 1. The Hall–Kier alpha value is -1.19. The normalized spacial score (nSPS) is 12.7. The first kappa shape index (κ1) is 10.3. The molecule has 0 aliphatic carbocycles. The van der Waals surface area contributed by atoms with Crippen LogP contribution in [-0.4, -0.2) is 0 Å². The zero-order chi connectivity index (χ0) is 10.8. The van der Waals surface area contributed by atoms with Crippen LogP contribution in [0, 0.1) is 5.82 Å². The second-order valence-electron chi connectivity index (χ2n) is 3.51. The first-order chi connectivity index (χ1) is 7.18. The Kier molecular flexibility index (Phi) is 2.84. The van der Waals surface area contributed by atoms with Crippen LogP contribution in [0.25, 0.3) is 11.1 Å². The molecule has 1 unspecified atom stereocenters. The molecular formula is C12H12FNS. The first-order valence-corrected chi connectivity index (χ1v) is 5.65. The number of rotatable bonds is 2. The summed E-state index contributed by atoms with van der Waals surface area (Å²) in [5.74, 6) is -0.188. The van der Waals surface area contributed by atoms with Crippen molar-refractivity contribution < 1.29 is 4.39 Å². The maximum Gasteiger partial charge on any atom is 0.131 e. The predicted octanol–water partition coefficient (Wildman–Crippen LogP) is 3.57. The topological polar surface area (TPSA) is 26.0 Å². The molecule has 3 heteroatoms. The number of hydrogen-bond donors (Lipinski definition) is 1. The molecule has 1 aromatic heterocycles. The van der Waals surface area contributed by atoms with E-state index in [9.17, 15) is 4.39 Å². The SMILES string of the molecule is CC(N)c1cc(-c2ccccc2F)cs1. The van der Waals surface area contributed by atoms with E-state index in [1.165, 1.54) is 6.07 Å². The number of halogens is 1. The number of hydrogen-bond acceptors (Lipinski definition) is 2. The average molecular weight is 221 g/mol. The largest absolute Gasteiger partial charge is 0.324 e. The van der Waals surface area contributed by atoms with Crippen molar-refractivity contribution in [2.24, 2.45) is 5.73 Å². The molecule has 2 rings (SSSR count). The van der Waals surface area contributed by atoms with E-state index in [4.69, 9.17) is 5.73 Å². The van der Waals surface area contributed by atoms with Crippen molar-refractivity contribution in [1.29, 1.82) is 0 Å². The van der Waals surface area contributed by atoms with Crippen molar-refractivity contribution in [1.82, 2.24) is 0 Å². The Morgan fingerprint density at radius 2 is 2.07 bits per heavy atom. The van der Waals surface area contributed by atoms with Gasteiger partial charge in [-0.25, -0.2) is 4.39 Å². The molecule has 2 aromatic rings. The van der Waals surface area contributed by atoms with Gasteiger partial charge < -0.3 is 5.73 Å². The molecule has 1 aromatic carbocycles. The summed E-state index contributed by atoms with van der Waals surface area (Å²) in [7, 11) is 0. The van der Waals surface area contributed by atoms with Crippen LogP contribution in [0.1, 0.15) is 17.8 Å². The standard InChI is InChI=1S/C12H12FNS/c1-8(14)12-6-9(7-15-12)10-4-2-3-5-11(10)13/h2-8H,14H2,1H3. The molecule has 0 bridgehead atoms. The molecule has 78 valence electrons. The second kappa shape index (κ2) is 4.13. The molecular weight excluding hydrogens is 209 g/mol. The molecule has 0 radical (unpaired) electrons. The van der Waals surface area contributed by atoms with Gasteiger partial charge in [-0.05, 0) is 30.0 Å². The fraction of sp³-hybridized carbons (Fsp3) is 0.167. The van der Waals surface area contributed by atoms with E-state index in [0.717, 1.165) is 10.4 Å². The van der Waals surface area contributed by atoms with Crippen LogP contribution in [0.15, 0.2) is 35.7 Å². The van der Waals surface area contributed by atoms with Crippen LogP contribution in [-0.2, 0) is 0 Å². The molecule has 0 aliphatic rings. The van der Waals surface area contributed by atoms with E-state index in [0.29, 0.717) is 5.56 Å². The highest BCUT2D eigenvalue weighted by Crippen LogP contribution is 2.29. The molecule has 0 spiro atoms. The Bertz CT molecular complexity index is 462. The molecule has 0 amide bonds. The van der Waals surface area contributed by atoms with E-state index in [1.807, 2.05) is 24.4 Å². The third-order valence-electron chi connectivity index (χ3n) is 2.25. The minimum Gasteiger partial charge on any atom is -0.324 e. The van der Waals surface area contributed by atoms with Gasteiger partial charge in [0.2, 0.25) is 0 Å². The lowest BCUT2D eigenvalue weighted by Gasteiger charge is -2.00. The molecule has 0 saturated carbocycles. The van der Waals surface area contributed by atoms with Crippen LogP contribution in [0.4, 0.5) is 4.39 Å². The average Bonchev–Trinajstić information content (AvgIpc) is 2.67. The first-order valence-electron chi connectivity index (χ1n) is 4.77. The lowest BCUT2D eigenvalue weighted by Crippen LogP contribution is -2.01. The van der Waals surface area contributed by atoms with E-state index in [-0.39, 0.29) is 11.9 Å². The molecule has 15 heavy (non-hydrogen) atoms. The van der Waals surface area contributed by atoms with Gasteiger partial charge in [-0.3, -0.25) is 0 Å². The highest BCUT2D eigenvalue weighted by molar-refractivity contribution is 7.10. The highest BCUT2D eigenvalue weighted by Gasteiger charge is 2.08. The van der Waals surface area contributed by atoms with Gasteiger partial charge in [0.1, 0.15) is 5.82 Å². The predicted molar refractivity (Wildman–Crippen MR) is 62.3 cm³/mol. The van der Waals surface area contributed by atoms with Crippen molar-refractivity contribution in [3.8, 4) is 11.1 Å². The Labute approximate surface area is 92.4 Å². The zero-order valence-electron chi connectivity index (χ0n) is 8.41. The lowest BCUT2D eigenvalue weighted by atomic mass is 10.1. The van der Waals surface area contributed by atoms with Gasteiger partial charge in [0.15, 0.2) is 0 Å². The van der Waals surface area contributed by atoms with Crippen LogP contribution in [0.2, 0.25) is 0 Å². The summed E-state index contributed by atoms with van der Waals surface area (Å²) in [5.41, 5.74) is 7.31. The van der Waals surface area contributed by atoms with Crippen LogP contribution < -0.4 is 5.73 Å². The second-order valence-corrected chi connectivity index (χ2v) is 4.45. The van der Waals surface area contributed by atoms with Gasteiger partial charge in [0, 0.05) is 16.5 Å². The van der Waals surface area contributed by atoms with E-state index in [2.05, 4.69) is 0 Å². The summed E-state index contributed by atoms with van der Waals surface area (Å²) in [5, 5.41) is 1.94. The Morgan fingerprint density at radius 1 is 1.33 bits per heavy atom. The molecule has 2 N–H and O–H groups in total. The van der Waals surface area contributed by atoms with Crippen molar-refractivity contribution in [3.05, 3.63) is 46.4 Å². The third kappa shape index (κ3) is 2.08. The van der Waals surface area contributed by atoms with Crippen molar-refractivity contribution in [3.63, 3.8) is 0 Å². The van der Waals surface area contributed by atoms with Crippen molar-refractivity contribution in [2.45, 2.75) is 13.0 Å². The van der Waals surface area contributed by atoms with E-state index < -0.39 is 0 Å². The van der Waals surface area contributed by atoms with Gasteiger partial charge in [0.25, 0.3) is 0 Å². The molecule has 0 fully saturated rings. The summed E-state index contributed by atoms with van der Waals surface area (Å²) in [6.45, 7) is 1.93. The van der Waals surface area contributed by atoms with Gasteiger partial charge in [-0.15, -0.1) is 11.3 Å². The Balaban J connectivity index is 2.42. The molecule has 1 nitrogen and oxygen atoms in total. The number of nitrogens with two attached hydrogens (primary N) is 1. The van der Waals surface area contributed by atoms with Gasteiger partial charge in [-0.1, -0.05) is 18.2 Å². The van der Waals surface area contributed by atoms with Crippen LogP contribution >= 0.6 is 11.3 Å². The smallest absolute Gasteiger partial charge is 0.131 e. The van der Waals surface area contributed by atoms with Crippen molar-refractivity contribution >= 4 is 11.3 Å². The monoisotopic (exact) mass is 221 g/mol. The molecule has 1 atom stereocenters. The summed E-state index contributed by atoms with van der Waals surface area (Å²) in [6, 6.07) is 8.74. The molecule has 0 aliphatic heterocycles. The van der Waals surface area contributed by atoms with Gasteiger partial charge >= 0.3 is 0 Å². The molecule has 0 saturated heterocycles. The lowest BCUT2D eigenvalue weighted by molar-refractivity contribution is 0.631. The van der Waals surface area contributed by atoms with E-state index >= 15 is 0 Å². The Morgan fingerprint density at radius 3 is 2.67 bits per heavy atom. The summed E-state index contributed by atoms with van der Waals surface area (Å²) in [4.78, 5) is 1.08. The van der Waals surface area contributed by atoms with Crippen LogP contribution in [0.3, 0.4) is 0 Å². The van der Waals surface area contributed by atoms with Crippen molar-refractivity contribution in [2.75, 3.05) is 0 Å². The fourth-order valence-corrected chi connectivity index (χ4v) is 2.30. The maximum absolute atomic E-state index is 13.5. The minimum absolute atomic E-state index is 0.00974. The maximum atomic E-state index is 13.5. The fourth-order valence-electron chi connectivity index (χ4n) is 1.43. The zero-order valence-corrected chi connectivity index (χ0v) is 9.22.